The fraction of sp³-hybridized carbons (Fsp3) is 0.417. The van der Waals surface area contributed by atoms with Crippen LogP contribution in [-0.2, 0) is 21.1 Å². The van der Waals surface area contributed by atoms with E-state index in [9.17, 15) is 22.8 Å². The van der Waals surface area contributed by atoms with E-state index < -0.39 is 35.4 Å². The summed E-state index contributed by atoms with van der Waals surface area (Å²) in [4.78, 5) is 25.3. The highest BCUT2D eigenvalue weighted by molar-refractivity contribution is 5.97. The first kappa shape index (κ1) is 25.2. The van der Waals surface area contributed by atoms with Crippen molar-refractivity contribution >= 4 is 17.7 Å². The number of ether oxygens (including phenoxy) is 1. The van der Waals surface area contributed by atoms with Crippen LogP contribution in [0.2, 0.25) is 0 Å². The van der Waals surface area contributed by atoms with E-state index in [0.717, 1.165) is 29.8 Å². The summed E-state index contributed by atoms with van der Waals surface area (Å²) >= 11 is 0. The monoisotopic (exact) mass is 450 g/mol. The van der Waals surface area contributed by atoms with Crippen LogP contribution >= 0.6 is 0 Å². The average Bonchev–Trinajstić information content (AvgIpc) is 2.64. The summed E-state index contributed by atoms with van der Waals surface area (Å²) in [7, 11) is 0. The zero-order valence-corrected chi connectivity index (χ0v) is 19.1. The molecule has 0 aliphatic heterocycles. The van der Waals surface area contributed by atoms with E-state index in [4.69, 9.17) is 4.74 Å². The number of amides is 2. The smallest absolute Gasteiger partial charge is 0.416 e. The number of alkyl halides is 3. The van der Waals surface area contributed by atoms with Crippen LogP contribution < -0.4 is 10.6 Å². The average molecular weight is 451 g/mol. The fourth-order valence-electron chi connectivity index (χ4n) is 2.86. The second-order valence-electron chi connectivity index (χ2n) is 9.52. The number of anilines is 1. The third-order valence-electron chi connectivity index (χ3n) is 4.51. The number of alkyl carbamates (subject to hydrolysis) is 1. The summed E-state index contributed by atoms with van der Waals surface area (Å²) < 4.78 is 43.9. The molecule has 0 aliphatic carbocycles. The molecule has 0 aliphatic rings. The SMILES string of the molecule is CC(C)(C)OC(=O)N[C@@H](C(=O)Nc1ccc(C(C)(C)C)cc1)c1ccc(C(F)(F)F)cc1. The second-order valence-corrected chi connectivity index (χ2v) is 9.52. The van der Waals surface area contributed by atoms with E-state index in [0.29, 0.717) is 5.69 Å². The number of rotatable bonds is 4. The second kappa shape index (κ2) is 9.22. The molecule has 2 amide bonds. The number of hydrogen-bond acceptors (Lipinski definition) is 3. The van der Waals surface area contributed by atoms with Gasteiger partial charge in [-0.1, -0.05) is 45.0 Å². The third-order valence-corrected chi connectivity index (χ3v) is 4.51. The normalized spacial score (nSPS) is 13.3. The molecule has 174 valence electrons. The minimum absolute atomic E-state index is 0.0659. The lowest BCUT2D eigenvalue weighted by Gasteiger charge is -2.24. The largest absolute Gasteiger partial charge is 0.444 e. The molecule has 5 nitrogen and oxygen atoms in total. The Balaban J connectivity index is 2.28. The van der Waals surface area contributed by atoms with Crippen LogP contribution in [0.3, 0.4) is 0 Å². The highest BCUT2D eigenvalue weighted by Gasteiger charge is 2.31. The van der Waals surface area contributed by atoms with E-state index in [1.165, 1.54) is 0 Å². The van der Waals surface area contributed by atoms with Crippen molar-refractivity contribution in [3.05, 3.63) is 65.2 Å². The van der Waals surface area contributed by atoms with Gasteiger partial charge in [-0.15, -0.1) is 0 Å². The maximum atomic E-state index is 13.0. The Morgan fingerprint density at radius 1 is 0.812 bits per heavy atom. The first-order valence-electron chi connectivity index (χ1n) is 10.1. The van der Waals surface area contributed by atoms with E-state index in [2.05, 4.69) is 31.4 Å². The molecule has 0 unspecified atom stereocenters. The van der Waals surface area contributed by atoms with E-state index in [1.54, 1.807) is 32.9 Å². The van der Waals surface area contributed by atoms with Gasteiger partial charge in [-0.3, -0.25) is 4.79 Å². The molecule has 0 fully saturated rings. The summed E-state index contributed by atoms with van der Waals surface area (Å²) in [5.41, 5.74) is 0.0214. The lowest BCUT2D eigenvalue weighted by molar-refractivity contribution is -0.137. The van der Waals surface area contributed by atoms with Crippen LogP contribution in [0.4, 0.5) is 23.7 Å². The molecule has 32 heavy (non-hydrogen) atoms. The molecule has 0 radical (unpaired) electrons. The van der Waals surface area contributed by atoms with Gasteiger partial charge in [-0.25, -0.2) is 4.79 Å². The lowest BCUT2D eigenvalue weighted by Crippen LogP contribution is -2.40. The molecular formula is C24H29F3N2O3. The maximum absolute atomic E-state index is 13.0. The first-order chi connectivity index (χ1) is 14.6. The van der Waals surface area contributed by atoms with Gasteiger partial charge in [0.1, 0.15) is 11.6 Å². The van der Waals surface area contributed by atoms with Crippen molar-refractivity contribution < 1.29 is 27.5 Å². The molecule has 2 aromatic rings. The predicted octanol–water partition coefficient (Wildman–Crippen LogP) is 6.21. The van der Waals surface area contributed by atoms with Gasteiger partial charge < -0.3 is 15.4 Å². The zero-order chi connectivity index (χ0) is 24.3. The van der Waals surface area contributed by atoms with Gasteiger partial charge in [0.05, 0.1) is 5.56 Å². The Hall–Kier alpha value is -3.03. The van der Waals surface area contributed by atoms with Gasteiger partial charge >= 0.3 is 12.3 Å². The van der Waals surface area contributed by atoms with Gasteiger partial charge in [0.25, 0.3) is 5.91 Å². The zero-order valence-electron chi connectivity index (χ0n) is 19.1. The molecule has 0 spiro atoms. The van der Waals surface area contributed by atoms with Crippen LogP contribution in [-0.4, -0.2) is 17.6 Å². The highest BCUT2D eigenvalue weighted by atomic mass is 19.4. The maximum Gasteiger partial charge on any atom is 0.416 e. The van der Waals surface area contributed by atoms with Gasteiger partial charge in [0, 0.05) is 5.69 Å². The van der Waals surface area contributed by atoms with Gasteiger partial charge in [0.15, 0.2) is 0 Å². The molecule has 0 saturated carbocycles. The van der Waals surface area contributed by atoms with Gasteiger partial charge in [-0.2, -0.15) is 13.2 Å². The minimum Gasteiger partial charge on any atom is -0.444 e. The first-order valence-corrected chi connectivity index (χ1v) is 10.1. The van der Waals surface area contributed by atoms with Crippen molar-refractivity contribution in [1.29, 1.82) is 0 Å². The van der Waals surface area contributed by atoms with Crippen LogP contribution in [0.25, 0.3) is 0 Å². The molecule has 2 aromatic carbocycles. The fourth-order valence-corrected chi connectivity index (χ4v) is 2.86. The summed E-state index contributed by atoms with van der Waals surface area (Å²) in [6, 6.07) is 10.0. The molecule has 1 atom stereocenters. The number of hydrogen-bond donors (Lipinski definition) is 2. The van der Waals surface area contributed by atoms with Crippen LogP contribution in [0.5, 0.6) is 0 Å². The van der Waals surface area contributed by atoms with Crippen molar-refractivity contribution in [1.82, 2.24) is 5.32 Å². The number of halogens is 3. The summed E-state index contributed by atoms with van der Waals surface area (Å²) in [5.74, 6) is -0.612. The van der Waals surface area contributed by atoms with Crippen LogP contribution in [0.15, 0.2) is 48.5 Å². The molecule has 8 heteroatoms. The van der Waals surface area contributed by atoms with Crippen LogP contribution in [0, 0.1) is 0 Å². The Labute approximate surface area is 186 Å². The van der Waals surface area contributed by atoms with Crippen molar-refractivity contribution in [2.45, 2.75) is 64.8 Å². The Morgan fingerprint density at radius 3 is 1.75 bits per heavy atom. The summed E-state index contributed by atoms with van der Waals surface area (Å²) in [6.07, 6.45) is -5.37. The molecule has 2 rings (SSSR count). The number of nitrogens with one attached hydrogen (secondary N) is 2. The summed E-state index contributed by atoms with van der Waals surface area (Å²) in [6.45, 7) is 11.2. The topological polar surface area (TPSA) is 67.4 Å². The molecule has 0 aromatic heterocycles. The standard InChI is InChI=1S/C24H29F3N2O3/c1-22(2,3)16-11-13-18(14-12-16)28-20(30)19(29-21(31)32-23(4,5)6)15-7-9-17(10-8-15)24(25,26)27/h7-14,19H,1-6H3,(H,28,30)(H,29,31)/t19-/m1/s1. The Bertz CT molecular complexity index is 939. The Kier molecular flexibility index (Phi) is 7.27. The minimum atomic E-state index is -4.51. The van der Waals surface area contributed by atoms with Crippen molar-refractivity contribution in [3.63, 3.8) is 0 Å². The number of benzene rings is 2. The van der Waals surface area contributed by atoms with Gasteiger partial charge in [0.2, 0.25) is 0 Å². The lowest BCUT2D eigenvalue weighted by atomic mass is 9.87. The van der Waals surface area contributed by atoms with Crippen LogP contribution in [0.1, 0.15) is 64.3 Å². The van der Waals surface area contributed by atoms with Crippen molar-refractivity contribution in [2.75, 3.05) is 5.32 Å². The number of carbonyl (C=O) groups is 2. The molecule has 2 N–H and O–H groups in total. The van der Waals surface area contributed by atoms with E-state index in [-0.39, 0.29) is 11.0 Å². The van der Waals surface area contributed by atoms with Crippen molar-refractivity contribution in [2.24, 2.45) is 0 Å². The quantitative estimate of drug-likeness (QED) is 0.582. The Morgan fingerprint density at radius 2 is 1.31 bits per heavy atom. The molecular weight excluding hydrogens is 421 g/mol. The third kappa shape index (κ3) is 7.28. The molecule has 0 saturated heterocycles. The summed E-state index contributed by atoms with van der Waals surface area (Å²) in [5, 5.41) is 5.15. The molecule has 0 heterocycles. The highest BCUT2D eigenvalue weighted by Crippen LogP contribution is 2.30. The molecule has 0 bridgehead atoms. The number of carbonyl (C=O) groups excluding carboxylic acids is 2. The van der Waals surface area contributed by atoms with Crippen molar-refractivity contribution in [3.8, 4) is 0 Å². The van der Waals surface area contributed by atoms with Gasteiger partial charge in [-0.05, 0) is 61.6 Å². The van der Waals surface area contributed by atoms with E-state index in [1.807, 2.05) is 12.1 Å². The van der Waals surface area contributed by atoms with E-state index >= 15 is 0 Å². The predicted molar refractivity (Wildman–Crippen MR) is 117 cm³/mol.